The number of pyridine rings is 1. The van der Waals surface area contributed by atoms with Crippen LogP contribution in [0.1, 0.15) is 12.6 Å². The number of rotatable bonds is 5. The van der Waals surface area contributed by atoms with E-state index in [-0.39, 0.29) is 20.2 Å². The first-order valence-electron chi connectivity index (χ1n) is 5.67. The van der Waals surface area contributed by atoms with Crippen LogP contribution in [-0.4, -0.2) is 25.0 Å². The Kier molecular flexibility index (Phi) is 4.46. The number of aromatic nitrogens is 2. The van der Waals surface area contributed by atoms with Crippen molar-refractivity contribution in [3.63, 3.8) is 0 Å². The predicted octanol–water partition coefficient (Wildman–Crippen LogP) is 2.70. The van der Waals surface area contributed by atoms with Gasteiger partial charge in [-0.05, 0) is 26.0 Å². The molecule has 0 amide bonds. The fraction of sp³-hybridized carbons (Fsp3) is 0.273. The van der Waals surface area contributed by atoms with Crippen molar-refractivity contribution in [1.82, 2.24) is 9.97 Å². The number of thiazole rings is 1. The molecule has 2 aromatic rings. The molecule has 0 bridgehead atoms. The van der Waals surface area contributed by atoms with Gasteiger partial charge >= 0.3 is 0 Å². The zero-order valence-electron chi connectivity index (χ0n) is 10.8. The smallest absolute Gasteiger partial charge is 0.273 e. The molecular weight excluding hydrogens is 322 g/mol. The van der Waals surface area contributed by atoms with Crippen LogP contribution in [0.4, 0.5) is 5.69 Å². The average molecular weight is 334 g/mol. The van der Waals surface area contributed by atoms with E-state index in [1.165, 1.54) is 6.20 Å². The van der Waals surface area contributed by atoms with Crippen molar-refractivity contribution in [1.29, 1.82) is 0 Å². The van der Waals surface area contributed by atoms with Crippen LogP contribution < -0.4 is 9.46 Å². The van der Waals surface area contributed by atoms with Crippen LogP contribution in [0, 0.1) is 6.92 Å². The Hall–Kier alpha value is -1.38. The number of halogens is 1. The number of ether oxygens (including phenoxy) is 1. The van der Waals surface area contributed by atoms with Crippen molar-refractivity contribution in [2.45, 2.75) is 18.1 Å². The Morgan fingerprint density at radius 3 is 2.85 bits per heavy atom. The third-order valence-electron chi connectivity index (χ3n) is 2.27. The molecule has 2 rings (SSSR count). The van der Waals surface area contributed by atoms with Gasteiger partial charge in [-0.1, -0.05) is 22.9 Å². The highest BCUT2D eigenvalue weighted by molar-refractivity contribution is 7.94. The maximum atomic E-state index is 12.3. The fourth-order valence-corrected chi connectivity index (χ4v) is 4.31. The monoisotopic (exact) mass is 333 g/mol. The zero-order valence-corrected chi connectivity index (χ0v) is 13.1. The second-order valence-corrected chi connectivity index (χ2v) is 7.19. The van der Waals surface area contributed by atoms with E-state index in [0.717, 1.165) is 11.3 Å². The molecule has 2 aromatic heterocycles. The molecule has 1 N–H and O–H groups in total. The molecular formula is C11H12ClN3O3S2. The molecule has 0 saturated carbocycles. The molecule has 0 fully saturated rings. The quantitative estimate of drug-likeness (QED) is 0.909. The number of nitrogens with one attached hydrogen (secondary N) is 1. The van der Waals surface area contributed by atoms with Crippen LogP contribution in [0.15, 0.2) is 22.5 Å². The molecule has 0 radical (unpaired) electrons. The summed E-state index contributed by atoms with van der Waals surface area (Å²) < 4.78 is 32.6. The summed E-state index contributed by atoms with van der Waals surface area (Å²) in [5, 5.41) is 0. The largest absolute Gasteiger partial charge is 0.476 e. The van der Waals surface area contributed by atoms with Gasteiger partial charge in [-0.15, -0.1) is 0 Å². The number of hydrogen-bond donors (Lipinski definition) is 1. The van der Waals surface area contributed by atoms with Crippen molar-refractivity contribution in [3.05, 3.63) is 28.5 Å². The van der Waals surface area contributed by atoms with Crippen LogP contribution in [0.25, 0.3) is 0 Å². The van der Waals surface area contributed by atoms with E-state index >= 15 is 0 Å². The molecule has 2 heterocycles. The van der Waals surface area contributed by atoms with E-state index < -0.39 is 10.0 Å². The molecule has 9 heteroatoms. The summed E-state index contributed by atoms with van der Waals surface area (Å²) in [6, 6.07) is 3.19. The number of sulfonamides is 1. The third-order valence-corrected chi connectivity index (χ3v) is 5.51. The first kappa shape index (κ1) is 15.0. The van der Waals surface area contributed by atoms with Gasteiger partial charge in [0, 0.05) is 6.20 Å². The summed E-state index contributed by atoms with van der Waals surface area (Å²) in [6.07, 6.45) is 1.53. The SMILES string of the molecule is CCOc1ncccc1NS(=O)(=O)c1sc(Cl)nc1C. The lowest BCUT2D eigenvalue weighted by Crippen LogP contribution is -2.14. The van der Waals surface area contributed by atoms with Gasteiger partial charge in [0.2, 0.25) is 5.88 Å². The summed E-state index contributed by atoms with van der Waals surface area (Å²) in [4.78, 5) is 7.88. The van der Waals surface area contributed by atoms with E-state index in [9.17, 15) is 8.42 Å². The summed E-state index contributed by atoms with van der Waals surface area (Å²) in [5.74, 6) is 0.229. The van der Waals surface area contributed by atoms with Crippen molar-refractivity contribution in [2.24, 2.45) is 0 Å². The first-order chi connectivity index (χ1) is 9.44. The minimum Gasteiger partial charge on any atom is -0.476 e. The van der Waals surface area contributed by atoms with Crippen molar-refractivity contribution < 1.29 is 13.2 Å². The molecule has 0 aliphatic heterocycles. The van der Waals surface area contributed by atoms with Crippen LogP contribution in [0.5, 0.6) is 5.88 Å². The van der Waals surface area contributed by atoms with E-state index in [1.807, 2.05) is 0 Å². The second-order valence-electron chi connectivity index (χ2n) is 3.73. The molecule has 0 aromatic carbocycles. The van der Waals surface area contributed by atoms with Gasteiger partial charge in [-0.3, -0.25) is 4.72 Å². The van der Waals surface area contributed by atoms with E-state index in [2.05, 4.69) is 14.7 Å². The highest BCUT2D eigenvalue weighted by Crippen LogP contribution is 2.30. The molecule has 0 unspecified atom stereocenters. The Morgan fingerprint density at radius 2 is 2.25 bits per heavy atom. The minimum atomic E-state index is -3.76. The topological polar surface area (TPSA) is 81.2 Å². The summed E-state index contributed by atoms with van der Waals surface area (Å²) >= 11 is 6.64. The van der Waals surface area contributed by atoms with Crippen LogP contribution in [0.3, 0.4) is 0 Å². The lowest BCUT2D eigenvalue weighted by atomic mass is 10.4. The molecule has 0 aliphatic rings. The zero-order chi connectivity index (χ0) is 14.8. The van der Waals surface area contributed by atoms with E-state index in [1.54, 1.807) is 26.0 Å². The van der Waals surface area contributed by atoms with Crippen molar-refractivity contribution >= 4 is 38.6 Å². The Balaban J connectivity index is 2.36. The Labute approximate surface area is 125 Å². The second kappa shape index (κ2) is 5.94. The molecule has 0 spiro atoms. The number of anilines is 1. The molecule has 6 nitrogen and oxygen atoms in total. The number of nitrogens with zero attached hydrogens (tertiary/aromatic N) is 2. The molecule has 108 valence electrons. The van der Waals surface area contributed by atoms with Gasteiger partial charge in [0.1, 0.15) is 5.69 Å². The van der Waals surface area contributed by atoms with Gasteiger partial charge in [0.15, 0.2) is 8.68 Å². The highest BCUT2D eigenvalue weighted by atomic mass is 35.5. The van der Waals surface area contributed by atoms with Gasteiger partial charge in [-0.25, -0.2) is 18.4 Å². The van der Waals surface area contributed by atoms with Crippen LogP contribution in [-0.2, 0) is 10.0 Å². The van der Waals surface area contributed by atoms with Crippen molar-refractivity contribution in [3.8, 4) is 5.88 Å². The van der Waals surface area contributed by atoms with Gasteiger partial charge in [0.25, 0.3) is 10.0 Å². The summed E-state index contributed by atoms with van der Waals surface area (Å²) in [5.41, 5.74) is 0.632. The Morgan fingerprint density at radius 1 is 1.50 bits per heavy atom. The van der Waals surface area contributed by atoms with E-state index in [0.29, 0.717) is 12.3 Å². The van der Waals surface area contributed by atoms with Gasteiger partial charge in [0.05, 0.1) is 12.3 Å². The van der Waals surface area contributed by atoms with Gasteiger partial charge < -0.3 is 4.74 Å². The van der Waals surface area contributed by atoms with Crippen LogP contribution >= 0.6 is 22.9 Å². The molecule has 0 aliphatic carbocycles. The van der Waals surface area contributed by atoms with Crippen molar-refractivity contribution in [2.75, 3.05) is 11.3 Å². The lowest BCUT2D eigenvalue weighted by molar-refractivity contribution is 0.329. The molecule has 0 saturated heterocycles. The number of aryl methyl sites for hydroxylation is 1. The Bertz CT molecular complexity index is 715. The van der Waals surface area contributed by atoms with E-state index in [4.69, 9.17) is 16.3 Å². The molecule has 20 heavy (non-hydrogen) atoms. The maximum absolute atomic E-state index is 12.3. The highest BCUT2D eigenvalue weighted by Gasteiger charge is 2.23. The maximum Gasteiger partial charge on any atom is 0.273 e. The summed E-state index contributed by atoms with van der Waals surface area (Å²) in [7, 11) is -3.76. The number of hydrogen-bond acceptors (Lipinski definition) is 6. The fourth-order valence-electron chi connectivity index (χ4n) is 1.51. The normalized spacial score (nSPS) is 11.3. The minimum absolute atomic E-state index is 0.0776. The molecule has 0 atom stereocenters. The van der Waals surface area contributed by atoms with Crippen LogP contribution in [0.2, 0.25) is 4.47 Å². The predicted molar refractivity (Wildman–Crippen MR) is 78.1 cm³/mol. The third kappa shape index (κ3) is 3.20. The first-order valence-corrected chi connectivity index (χ1v) is 8.35. The van der Waals surface area contributed by atoms with Gasteiger partial charge in [-0.2, -0.15) is 0 Å². The standard InChI is InChI=1S/C11H12ClN3O3S2/c1-3-18-9-8(5-4-6-13-9)15-20(16,17)10-7(2)14-11(12)19-10/h4-6,15H,3H2,1-2H3. The average Bonchev–Trinajstić information content (AvgIpc) is 2.72. The summed E-state index contributed by atoms with van der Waals surface area (Å²) in [6.45, 7) is 3.76. The lowest BCUT2D eigenvalue weighted by Gasteiger charge is -2.10.